The molecule has 2 aromatic carbocycles. The minimum Gasteiger partial charge on any atom is -0.423 e. The Morgan fingerprint density at radius 3 is 2.74 bits per heavy atom. The molecule has 1 saturated heterocycles. The molecular weight excluding hydrogens is 437 g/mol. The summed E-state index contributed by atoms with van der Waals surface area (Å²) in [6.45, 7) is 4.67. The van der Waals surface area contributed by atoms with E-state index in [9.17, 15) is 10.0 Å². The molecule has 7 nitrogen and oxygen atoms in total. The number of aryl methyl sites for hydroxylation is 1. The summed E-state index contributed by atoms with van der Waals surface area (Å²) < 4.78 is 2.03. The largest absolute Gasteiger partial charge is 0.489 e. The normalized spacial score (nSPS) is 17.7. The van der Waals surface area contributed by atoms with E-state index in [2.05, 4.69) is 34.5 Å². The molecule has 2 aromatic heterocycles. The van der Waals surface area contributed by atoms with Gasteiger partial charge in [0.25, 0.3) is 0 Å². The summed E-state index contributed by atoms with van der Waals surface area (Å²) in [5, 5.41) is 24.2. The quantitative estimate of drug-likeness (QED) is 0.392. The van der Waals surface area contributed by atoms with Gasteiger partial charge in [-0.05, 0) is 55.9 Å². The fourth-order valence-corrected chi connectivity index (χ4v) is 5.69. The highest BCUT2D eigenvalue weighted by Gasteiger charge is 2.32. The minimum absolute atomic E-state index is 0.487. The lowest BCUT2D eigenvalue weighted by Gasteiger charge is -2.40. The van der Waals surface area contributed by atoms with Gasteiger partial charge >= 0.3 is 7.12 Å². The number of aromatic nitrogens is 3. The van der Waals surface area contributed by atoms with E-state index in [1.165, 1.54) is 30.4 Å². The first kappa shape index (κ1) is 22.3. The molecule has 1 atom stereocenters. The molecule has 1 unspecified atom stereocenters. The van der Waals surface area contributed by atoms with E-state index in [4.69, 9.17) is 9.97 Å². The number of piperidine rings is 1. The SMILES string of the molecule is Cc1cc2c(B(O)O)cccc2n1-c1nc2c(c(NCc3ccccc3)n1)CC1CCCCN1C2. The van der Waals surface area contributed by atoms with Crippen molar-refractivity contribution >= 4 is 29.3 Å². The highest BCUT2D eigenvalue weighted by atomic mass is 16.4. The molecule has 6 rings (SSSR count). The molecule has 0 radical (unpaired) electrons. The van der Waals surface area contributed by atoms with Crippen LogP contribution < -0.4 is 10.8 Å². The van der Waals surface area contributed by atoms with Crippen molar-refractivity contribution in [2.75, 3.05) is 11.9 Å². The van der Waals surface area contributed by atoms with Crippen LogP contribution in [0, 0.1) is 6.92 Å². The first-order chi connectivity index (χ1) is 17.1. The average Bonchev–Trinajstić information content (AvgIpc) is 3.22. The molecule has 0 bridgehead atoms. The van der Waals surface area contributed by atoms with Crippen molar-refractivity contribution in [2.45, 2.75) is 51.7 Å². The molecule has 4 heterocycles. The summed E-state index contributed by atoms with van der Waals surface area (Å²) in [6.07, 6.45) is 4.73. The van der Waals surface area contributed by atoms with Crippen LogP contribution in [0.1, 0.15) is 41.8 Å². The van der Waals surface area contributed by atoms with Gasteiger partial charge in [-0.2, -0.15) is 4.98 Å². The van der Waals surface area contributed by atoms with E-state index >= 15 is 0 Å². The van der Waals surface area contributed by atoms with Gasteiger partial charge in [-0.1, -0.05) is 48.9 Å². The van der Waals surface area contributed by atoms with Crippen LogP contribution in [0.15, 0.2) is 54.6 Å². The number of anilines is 1. The van der Waals surface area contributed by atoms with Crippen LogP contribution in [-0.4, -0.2) is 49.2 Å². The Balaban J connectivity index is 1.47. The van der Waals surface area contributed by atoms with Crippen molar-refractivity contribution in [3.05, 3.63) is 77.1 Å². The Morgan fingerprint density at radius 1 is 1.06 bits per heavy atom. The molecule has 178 valence electrons. The maximum Gasteiger partial charge on any atom is 0.489 e. The van der Waals surface area contributed by atoms with Crippen molar-refractivity contribution in [2.24, 2.45) is 0 Å². The van der Waals surface area contributed by atoms with Crippen LogP contribution in [0.4, 0.5) is 5.82 Å². The third kappa shape index (κ3) is 4.12. The highest BCUT2D eigenvalue weighted by molar-refractivity contribution is 6.61. The summed E-state index contributed by atoms with van der Waals surface area (Å²) in [5.74, 6) is 1.52. The lowest BCUT2D eigenvalue weighted by molar-refractivity contribution is 0.125. The van der Waals surface area contributed by atoms with Crippen LogP contribution in [0.2, 0.25) is 0 Å². The van der Waals surface area contributed by atoms with Crippen LogP contribution in [0.25, 0.3) is 16.9 Å². The summed E-state index contributed by atoms with van der Waals surface area (Å²) in [6, 6.07) is 18.5. The molecule has 4 aromatic rings. The topological polar surface area (TPSA) is 86.4 Å². The molecule has 0 saturated carbocycles. The van der Waals surface area contributed by atoms with Crippen molar-refractivity contribution < 1.29 is 10.0 Å². The average molecular weight is 467 g/mol. The van der Waals surface area contributed by atoms with E-state index in [-0.39, 0.29) is 0 Å². The second kappa shape index (κ2) is 9.11. The Kier molecular flexibility index (Phi) is 5.80. The summed E-state index contributed by atoms with van der Waals surface area (Å²) in [7, 11) is -1.53. The molecule has 0 amide bonds. The summed E-state index contributed by atoms with van der Waals surface area (Å²) in [5.41, 5.74) is 5.83. The highest BCUT2D eigenvalue weighted by Crippen LogP contribution is 2.33. The fourth-order valence-electron chi connectivity index (χ4n) is 5.69. The second-order valence-corrected chi connectivity index (χ2v) is 9.74. The molecule has 0 aliphatic carbocycles. The molecule has 0 spiro atoms. The third-order valence-electron chi connectivity index (χ3n) is 7.47. The fraction of sp³-hybridized carbons (Fsp3) is 0.333. The van der Waals surface area contributed by atoms with Crippen molar-refractivity contribution in [3.63, 3.8) is 0 Å². The number of rotatable bonds is 5. The first-order valence-corrected chi connectivity index (χ1v) is 12.5. The predicted molar refractivity (Wildman–Crippen MR) is 139 cm³/mol. The lowest BCUT2D eigenvalue weighted by atomic mass is 9.78. The first-order valence-electron chi connectivity index (χ1n) is 12.5. The van der Waals surface area contributed by atoms with E-state index < -0.39 is 7.12 Å². The molecule has 35 heavy (non-hydrogen) atoms. The van der Waals surface area contributed by atoms with E-state index in [1.807, 2.05) is 35.8 Å². The van der Waals surface area contributed by atoms with Gasteiger partial charge in [-0.15, -0.1) is 0 Å². The van der Waals surface area contributed by atoms with Gasteiger partial charge in [0.05, 0.1) is 11.2 Å². The molecular formula is C27H30BN5O2. The Bertz CT molecular complexity index is 1370. The summed E-state index contributed by atoms with van der Waals surface area (Å²) in [4.78, 5) is 12.7. The van der Waals surface area contributed by atoms with E-state index in [0.29, 0.717) is 24.0 Å². The van der Waals surface area contributed by atoms with Gasteiger partial charge in [0, 0.05) is 35.8 Å². The van der Waals surface area contributed by atoms with Gasteiger partial charge < -0.3 is 15.4 Å². The van der Waals surface area contributed by atoms with Gasteiger partial charge in [0.15, 0.2) is 0 Å². The Morgan fingerprint density at radius 2 is 1.91 bits per heavy atom. The van der Waals surface area contributed by atoms with E-state index in [0.717, 1.165) is 47.6 Å². The molecule has 3 N–H and O–H groups in total. The number of nitrogens with zero attached hydrogens (tertiary/aromatic N) is 4. The number of benzene rings is 2. The standard InChI is InChI=1S/C27H30BN5O2/c1-18-14-21-23(28(34)35)11-7-12-25(21)33(18)27-30-24-17-32-13-6-5-10-20(32)15-22(24)26(31-27)29-16-19-8-3-2-4-9-19/h2-4,7-9,11-12,14,20,34-35H,5-6,10,13,15-17H2,1H3,(H,29,30,31). The van der Waals surface area contributed by atoms with Crippen molar-refractivity contribution in [1.82, 2.24) is 19.4 Å². The van der Waals surface area contributed by atoms with Crippen molar-refractivity contribution in [3.8, 4) is 5.95 Å². The van der Waals surface area contributed by atoms with Gasteiger partial charge in [-0.25, -0.2) is 4.98 Å². The van der Waals surface area contributed by atoms with Gasteiger partial charge in [0.2, 0.25) is 5.95 Å². The van der Waals surface area contributed by atoms with Gasteiger partial charge in [0.1, 0.15) is 5.82 Å². The lowest BCUT2D eigenvalue weighted by Crippen LogP contribution is -2.44. The molecule has 1 fully saturated rings. The monoisotopic (exact) mass is 467 g/mol. The van der Waals surface area contributed by atoms with Crippen LogP contribution in [0.3, 0.4) is 0 Å². The zero-order chi connectivity index (χ0) is 23.9. The second-order valence-electron chi connectivity index (χ2n) is 9.74. The number of hydrogen-bond donors (Lipinski definition) is 3. The van der Waals surface area contributed by atoms with Crippen LogP contribution >= 0.6 is 0 Å². The van der Waals surface area contributed by atoms with Crippen LogP contribution in [0.5, 0.6) is 0 Å². The minimum atomic E-state index is -1.53. The summed E-state index contributed by atoms with van der Waals surface area (Å²) >= 11 is 0. The zero-order valence-corrected chi connectivity index (χ0v) is 20.0. The van der Waals surface area contributed by atoms with Crippen molar-refractivity contribution in [1.29, 1.82) is 0 Å². The molecule has 2 aliphatic heterocycles. The number of hydrogen-bond acceptors (Lipinski definition) is 6. The third-order valence-corrected chi connectivity index (χ3v) is 7.47. The van der Waals surface area contributed by atoms with Crippen LogP contribution in [-0.2, 0) is 19.5 Å². The Labute approximate surface area is 205 Å². The van der Waals surface area contributed by atoms with Gasteiger partial charge in [-0.3, -0.25) is 9.47 Å². The molecule has 2 aliphatic rings. The predicted octanol–water partition coefficient (Wildman–Crippen LogP) is 2.93. The molecule has 8 heteroatoms. The number of fused-ring (bicyclic) bond motifs is 3. The smallest absolute Gasteiger partial charge is 0.423 e. The maximum absolute atomic E-state index is 9.88. The zero-order valence-electron chi connectivity index (χ0n) is 20.0. The Hall–Kier alpha value is -3.20. The maximum atomic E-state index is 9.88. The van der Waals surface area contributed by atoms with E-state index in [1.54, 1.807) is 6.07 Å². The number of nitrogens with one attached hydrogen (secondary N) is 1.